The van der Waals surface area contributed by atoms with E-state index in [2.05, 4.69) is 13.0 Å². The lowest BCUT2D eigenvalue weighted by Gasteiger charge is -2.13. The molecule has 2 N–H and O–H groups in total. The molecule has 0 amide bonds. The molecule has 2 nitrogen and oxygen atoms in total. The number of thiocarbonyl (C=S) groups is 1. The van der Waals surface area contributed by atoms with Crippen LogP contribution >= 0.6 is 12.2 Å². The highest BCUT2D eigenvalue weighted by Crippen LogP contribution is 2.18. The van der Waals surface area contributed by atoms with E-state index >= 15 is 0 Å². The minimum absolute atomic E-state index is 0.116. The fourth-order valence-corrected chi connectivity index (χ4v) is 1.30. The maximum atomic E-state index is 5.68. The maximum Gasteiger partial charge on any atom is 0.122 e. The van der Waals surface area contributed by atoms with E-state index in [4.69, 9.17) is 22.7 Å². The highest BCUT2D eigenvalue weighted by Gasteiger charge is 2.07. The Hall–Kier alpha value is -1.09. The summed E-state index contributed by atoms with van der Waals surface area (Å²) in [6.45, 7) is 4.63. The first kappa shape index (κ1) is 12.0. The molecule has 1 unspecified atom stereocenters. The summed E-state index contributed by atoms with van der Waals surface area (Å²) in [7, 11) is 0. The Morgan fingerprint density at radius 2 is 2.13 bits per heavy atom. The molecule has 1 aromatic rings. The smallest absolute Gasteiger partial charge is 0.122 e. The van der Waals surface area contributed by atoms with E-state index in [1.165, 1.54) is 5.56 Å². The van der Waals surface area contributed by atoms with E-state index in [1.807, 2.05) is 25.1 Å². The minimum atomic E-state index is 0.116. The molecular formula is C12H17NOS. The van der Waals surface area contributed by atoms with Crippen LogP contribution in [-0.4, -0.2) is 11.6 Å². The summed E-state index contributed by atoms with van der Waals surface area (Å²) >= 11 is 4.89. The lowest BCUT2D eigenvalue weighted by atomic mass is 10.1. The Kier molecular flexibility index (Phi) is 4.56. The molecule has 1 rings (SSSR count). The van der Waals surface area contributed by atoms with Gasteiger partial charge in [-0.15, -0.1) is 0 Å². The van der Waals surface area contributed by atoms with Crippen molar-refractivity contribution >= 4 is 17.2 Å². The quantitative estimate of drug-likeness (QED) is 0.779. The number of hydrogen-bond donors (Lipinski definition) is 1. The Bertz CT molecular complexity index is 338. The average Bonchev–Trinajstić information content (AvgIpc) is 2.26. The molecular weight excluding hydrogens is 206 g/mol. The summed E-state index contributed by atoms with van der Waals surface area (Å²) in [6, 6.07) is 8.04. The molecule has 0 aliphatic carbocycles. The normalized spacial score (nSPS) is 12.1. The lowest BCUT2D eigenvalue weighted by molar-refractivity contribution is 0.291. The molecule has 0 aromatic heterocycles. The zero-order valence-corrected chi connectivity index (χ0v) is 10.0. The predicted molar refractivity (Wildman–Crippen MR) is 67.3 cm³/mol. The van der Waals surface area contributed by atoms with Gasteiger partial charge < -0.3 is 10.5 Å². The molecule has 1 aromatic carbocycles. The highest BCUT2D eigenvalue weighted by molar-refractivity contribution is 7.80. The van der Waals surface area contributed by atoms with E-state index in [9.17, 15) is 0 Å². The first-order valence-corrected chi connectivity index (χ1v) is 5.56. The summed E-state index contributed by atoms with van der Waals surface area (Å²) in [6.07, 6.45) is 0.970. The van der Waals surface area contributed by atoms with Crippen LogP contribution in [0.1, 0.15) is 19.4 Å². The van der Waals surface area contributed by atoms with E-state index in [0.717, 1.165) is 12.2 Å². The number of hydrogen-bond acceptors (Lipinski definition) is 2. The monoisotopic (exact) mass is 223 g/mol. The standard InChI is InChI=1S/C12H17NOS/c1-3-10-6-4-5-7-11(10)14-8-9(2)12(13)15/h4-7,9H,3,8H2,1-2H3,(H2,13,15). The summed E-state index contributed by atoms with van der Waals surface area (Å²) < 4.78 is 5.68. The number of nitrogens with two attached hydrogens (primary N) is 1. The second-order valence-electron chi connectivity index (χ2n) is 3.58. The second-order valence-corrected chi connectivity index (χ2v) is 4.05. The van der Waals surface area contributed by atoms with Crippen LogP contribution in [0.5, 0.6) is 5.75 Å². The summed E-state index contributed by atoms with van der Waals surface area (Å²) in [4.78, 5) is 0.504. The van der Waals surface area contributed by atoms with E-state index in [1.54, 1.807) is 0 Å². The molecule has 0 aliphatic rings. The Balaban J connectivity index is 2.60. The highest BCUT2D eigenvalue weighted by atomic mass is 32.1. The Morgan fingerprint density at radius 1 is 1.47 bits per heavy atom. The minimum Gasteiger partial charge on any atom is -0.493 e. The molecule has 0 radical (unpaired) electrons. The van der Waals surface area contributed by atoms with Gasteiger partial charge >= 0.3 is 0 Å². The van der Waals surface area contributed by atoms with Crippen molar-refractivity contribution in [2.45, 2.75) is 20.3 Å². The third-order valence-electron chi connectivity index (χ3n) is 2.33. The molecule has 0 aliphatic heterocycles. The molecule has 0 saturated heterocycles. The molecule has 1 atom stereocenters. The Labute approximate surface area is 96.4 Å². The van der Waals surface area contributed by atoms with Crippen LogP contribution in [0.2, 0.25) is 0 Å². The van der Waals surface area contributed by atoms with Crippen molar-refractivity contribution in [1.29, 1.82) is 0 Å². The van der Waals surface area contributed by atoms with Crippen molar-refractivity contribution in [2.75, 3.05) is 6.61 Å². The summed E-state index contributed by atoms with van der Waals surface area (Å²) in [5.74, 6) is 1.05. The van der Waals surface area contributed by atoms with E-state index in [0.29, 0.717) is 11.6 Å². The summed E-state index contributed by atoms with van der Waals surface area (Å²) in [5, 5.41) is 0. The van der Waals surface area contributed by atoms with Gasteiger partial charge in [-0.2, -0.15) is 0 Å². The largest absolute Gasteiger partial charge is 0.493 e. The van der Waals surface area contributed by atoms with Gasteiger partial charge in [-0.1, -0.05) is 44.3 Å². The molecule has 3 heteroatoms. The third kappa shape index (κ3) is 3.51. The number of ether oxygens (including phenoxy) is 1. The van der Waals surface area contributed by atoms with Crippen LogP contribution < -0.4 is 10.5 Å². The van der Waals surface area contributed by atoms with Gasteiger partial charge in [0.2, 0.25) is 0 Å². The number of benzene rings is 1. The number of aryl methyl sites for hydroxylation is 1. The second kappa shape index (κ2) is 5.71. The van der Waals surface area contributed by atoms with Crippen LogP contribution in [0.15, 0.2) is 24.3 Å². The van der Waals surface area contributed by atoms with Crippen molar-refractivity contribution in [2.24, 2.45) is 11.7 Å². The van der Waals surface area contributed by atoms with Crippen molar-refractivity contribution in [3.63, 3.8) is 0 Å². The van der Waals surface area contributed by atoms with Gasteiger partial charge in [0.25, 0.3) is 0 Å². The maximum absolute atomic E-state index is 5.68. The molecule has 82 valence electrons. The Morgan fingerprint density at radius 3 is 2.73 bits per heavy atom. The number of rotatable bonds is 5. The van der Waals surface area contributed by atoms with Crippen LogP contribution in [0.25, 0.3) is 0 Å². The topological polar surface area (TPSA) is 35.2 Å². The molecule has 0 saturated carbocycles. The zero-order valence-electron chi connectivity index (χ0n) is 9.19. The van der Waals surface area contributed by atoms with E-state index < -0.39 is 0 Å². The van der Waals surface area contributed by atoms with Crippen LogP contribution in [0.3, 0.4) is 0 Å². The number of para-hydroxylation sites is 1. The molecule has 0 spiro atoms. The van der Waals surface area contributed by atoms with Crippen molar-refractivity contribution < 1.29 is 4.74 Å². The van der Waals surface area contributed by atoms with Crippen LogP contribution in [0.4, 0.5) is 0 Å². The third-order valence-corrected chi connectivity index (χ3v) is 2.73. The van der Waals surface area contributed by atoms with Gasteiger partial charge in [0.05, 0.1) is 11.6 Å². The first-order chi connectivity index (χ1) is 7.15. The van der Waals surface area contributed by atoms with E-state index in [-0.39, 0.29) is 5.92 Å². The summed E-state index contributed by atoms with van der Waals surface area (Å²) in [5.41, 5.74) is 6.74. The van der Waals surface area contributed by atoms with Crippen LogP contribution in [0, 0.1) is 5.92 Å². The first-order valence-electron chi connectivity index (χ1n) is 5.15. The van der Waals surface area contributed by atoms with Gasteiger partial charge in [-0.05, 0) is 18.1 Å². The van der Waals surface area contributed by atoms with Crippen molar-refractivity contribution in [3.05, 3.63) is 29.8 Å². The van der Waals surface area contributed by atoms with Gasteiger partial charge in [0.1, 0.15) is 5.75 Å². The van der Waals surface area contributed by atoms with Gasteiger partial charge in [-0.25, -0.2) is 0 Å². The zero-order chi connectivity index (χ0) is 11.3. The molecule has 0 bridgehead atoms. The van der Waals surface area contributed by atoms with Crippen molar-refractivity contribution in [1.82, 2.24) is 0 Å². The molecule has 0 heterocycles. The average molecular weight is 223 g/mol. The lowest BCUT2D eigenvalue weighted by Crippen LogP contribution is -2.24. The van der Waals surface area contributed by atoms with Crippen LogP contribution in [-0.2, 0) is 6.42 Å². The SMILES string of the molecule is CCc1ccccc1OCC(C)C(N)=S. The molecule has 15 heavy (non-hydrogen) atoms. The van der Waals surface area contributed by atoms with Gasteiger partial charge in [0, 0.05) is 5.92 Å². The fraction of sp³-hybridized carbons (Fsp3) is 0.417. The van der Waals surface area contributed by atoms with Gasteiger partial charge in [-0.3, -0.25) is 0 Å². The predicted octanol–water partition coefficient (Wildman–Crippen LogP) is 2.55. The molecule has 0 fully saturated rings. The van der Waals surface area contributed by atoms with Crippen molar-refractivity contribution in [3.8, 4) is 5.75 Å². The van der Waals surface area contributed by atoms with Gasteiger partial charge in [0.15, 0.2) is 0 Å². The fourth-order valence-electron chi connectivity index (χ4n) is 1.23.